The number of amides is 3. The number of carbonyl (C=O) groups excluding carboxylic acids is 3. The van der Waals surface area contributed by atoms with Crippen molar-refractivity contribution in [3.05, 3.63) is 130 Å². The Morgan fingerprint density at radius 2 is 1.60 bits per heavy atom. The van der Waals surface area contributed by atoms with Crippen LogP contribution in [0, 0.1) is 5.82 Å². The molecule has 3 N–H and O–H groups in total. The van der Waals surface area contributed by atoms with Gasteiger partial charge >= 0.3 is 6.18 Å². The zero-order valence-electron chi connectivity index (χ0n) is 23.6. The molecule has 232 valence electrons. The Hall–Kier alpha value is -4.61. The van der Waals surface area contributed by atoms with Gasteiger partial charge in [-0.3, -0.25) is 14.4 Å². The molecule has 1 atom stereocenters. The van der Waals surface area contributed by atoms with Crippen LogP contribution < -0.4 is 16.0 Å². The average Bonchev–Trinajstić information content (AvgIpc) is 3.01. The third-order valence-electron chi connectivity index (χ3n) is 6.32. The molecule has 3 amide bonds. The molecule has 0 aliphatic carbocycles. The number of thioether (sulfide) groups is 1. The highest BCUT2D eigenvalue weighted by Crippen LogP contribution is 2.35. The molecule has 0 heterocycles. The van der Waals surface area contributed by atoms with E-state index < -0.39 is 40.5 Å². The number of halogens is 5. The van der Waals surface area contributed by atoms with E-state index in [0.717, 1.165) is 30.0 Å². The first-order valence-corrected chi connectivity index (χ1v) is 14.8. The van der Waals surface area contributed by atoms with Gasteiger partial charge in [0.2, 0.25) is 5.91 Å². The molecule has 0 aliphatic rings. The van der Waals surface area contributed by atoms with Gasteiger partial charge in [-0.15, -0.1) is 11.8 Å². The van der Waals surface area contributed by atoms with E-state index in [9.17, 15) is 31.9 Å². The number of carbonyl (C=O) groups is 3. The van der Waals surface area contributed by atoms with Crippen LogP contribution >= 0.6 is 23.4 Å². The molecule has 0 radical (unpaired) electrons. The third kappa shape index (κ3) is 9.19. The molecule has 45 heavy (non-hydrogen) atoms. The number of rotatable bonds is 10. The maximum Gasteiger partial charge on any atom is 0.416 e. The van der Waals surface area contributed by atoms with Gasteiger partial charge in [-0.2, -0.15) is 13.2 Å². The topological polar surface area (TPSA) is 87.3 Å². The molecule has 4 rings (SSSR count). The summed E-state index contributed by atoms with van der Waals surface area (Å²) in [5.41, 5.74) is -0.639. The van der Waals surface area contributed by atoms with Crippen LogP contribution in [0.25, 0.3) is 6.08 Å². The predicted molar refractivity (Wildman–Crippen MR) is 168 cm³/mol. The van der Waals surface area contributed by atoms with Gasteiger partial charge in [0.15, 0.2) is 0 Å². The molecule has 0 aliphatic heterocycles. The fraction of sp³-hybridized carbons (Fsp3) is 0.121. The van der Waals surface area contributed by atoms with Crippen LogP contribution in [-0.2, 0) is 15.8 Å². The van der Waals surface area contributed by atoms with Crippen molar-refractivity contribution in [1.29, 1.82) is 0 Å². The van der Waals surface area contributed by atoms with Crippen molar-refractivity contribution < 1.29 is 31.9 Å². The molecule has 12 heteroatoms. The lowest BCUT2D eigenvalue weighted by Crippen LogP contribution is -2.30. The molecule has 4 aromatic rings. The van der Waals surface area contributed by atoms with E-state index in [1.165, 1.54) is 24.3 Å². The van der Waals surface area contributed by atoms with Gasteiger partial charge in [-0.05, 0) is 67.1 Å². The lowest BCUT2D eigenvalue weighted by molar-refractivity contribution is -0.137. The van der Waals surface area contributed by atoms with Crippen molar-refractivity contribution in [2.75, 3.05) is 10.6 Å². The van der Waals surface area contributed by atoms with Crippen LogP contribution in [-0.4, -0.2) is 23.0 Å². The molecule has 0 bridgehead atoms. The standard InChI is InChI=1S/C33H26ClF4N3O3S/c1-2-29(32(44)40-27-18-22(33(36,37)38)15-16-25(27)34)45-24-13-8-12-23(19-24)39-31(43)28(17-21-11-6-7-14-26(21)35)41-30(42)20-9-4-3-5-10-20/h3-19,29H,2H2,1H3,(H,39,43)(H,40,44)(H,41,42)/b28-17-. The molecule has 0 saturated heterocycles. The Morgan fingerprint density at radius 3 is 2.29 bits per heavy atom. The fourth-order valence-corrected chi connectivity index (χ4v) is 5.21. The molecule has 0 fully saturated rings. The Bertz CT molecular complexity index is 1730. The van der Waals surface area contributed by atoms with Crippen LogP contribution in [0.2, 0.25) is 5.02 Å². The number of anilines is 2. The van der Waals surface area contributed by atoms with Crippen molar-refractivity contribution in [3.63, 3.8) is 0 Å². The first kappa shape index (κ1) is 33.3. The van der Waals surface area contributed by atoms with Crippen LogP contribution in [0.1, 0.15) is 34.8 Å². The minimum absolute atomic E-state index is 0.0421. The second-order valence-electron chi connectivity index (χ2n) is 9.58. The lowest BCUT2D eigenvalue weighted by atomic mass is 10.1. The summed E-state index contributed by atoms with van der Waals surface area (Å²) in [4.78, 5) is 39.8. The second kappa shape index (κ2) is 14.9. The monoisotopic (exact) mass is 655 g/mol. The normalized spacial score (nSPS) is 12.3. The summed E-state index contributed by atoms with van der Waals surface area (Å²) in [5, 5.41) is 6.94. The van der Waals surface area contributed by atoms with Crippen LogP contribution in [0.5, 0.6) is 0 Å². The van der Waals surface area contributed by atoms with Gasteiger partial charge in [0, 0.05) is 21.7 Å². The third-order valence-corrected chi connectivity index (χ3v) is 8.01. The van der Waals surface area contributed by atoms with Crippen LogP contribution in [0.15, 0.2) is 108 Å². The summed E-state index contributed by atoms with van der Waals surface area (Å²) in [6.07, 6.45) is -3.06. The van der Waals surface area contributed by atoms with E-state index in [0.29, 0.717) is 22.6 Å². The van der Waals surface area contributed by atoms with Gasteiger partial charge in [-0.1, -0.05) is 61.0 Å². The maximum atomic E-state index is 14.4. The maximum absolute atomic E-state index is 14.4. The van der Waals surface area contributed by atoms with E-state index in [2.05, 4.69) is 16.0 Å². The van der Waals surface area contributed by atoms with E-state index >= 15 is 0 Å². The molecule has 0 aromatic heterocycles. The molecular weight excluding hydrogens is 630 g/mol. The predicted octanol–water partition coefficient (Wildman–Crippen LogP) is 8.42. The quantitative estimate of drug-likeness (QED) is 0.0910. The number of nitrogens with one attached hydrogen (secondary N) is 3. The average molecular weight is 656 g/mol. The molecule has 0 spiro atoms. The number of hydrogen-bond acceptors (Lipinski definition) is 4. The number of hydrogen-bond donors (Lipinski definition) is 3. The highest BCUT2D eigenvalue weighted by Gasteiger charge is 2.31. The van der Waals surface area contributed by atoms with Crippen molar-refractivity contribution in [2.24, 2.45) is 0 Å². The zero-order valence-corrected chi connectivity index (χ0v) is 25.2. The van der Waals surface area contributed by atoms with Crippen molar-refractivity contribution in [2.45, 2.75) is 29.7 Å². The molecule has 4 aromatic carbocycles. The zero-order chi connectivity index (χ0) is 32.6. The molecule has 6 nitrogen and oxygen atoms in total. The summed E-state index contributed by atoms with van der Waals surface area (Å²) in [6, 6.07) is 23.1. The summed E-state index contributed by atoms with van der Waals surface area (Å²) in [5.74, 6) is -2.45. The summed E-state index contributed by atoms with van der Waals surface area (Å²) in [6.45, 7) is 1.74. The highest BCUT2D eigenvalue weighted by molar-refractivity contribution is 8.00. The van der Waals surface area contributed by atoms with Crippen molar-refractivity contribution in [1.82, 2.24) is 5.32 Å². The van der Waals surface area contributed by atoms with Crippen molar-refractivity contribution >= 4 is 58.5 Å². The lowest BCUT2D eigenvalue weighted by Gasteiger charge is -2.17. The Balaban J connectivity index is 1.51. The molecule has 1 unspecified atom stereocenters. The Morgan fingerprint density at radius 1 is 0.889 bits per heavy atom. The van der Waals surface area contributed by atoms with Gasteiger partial charge in [0.05, 0.1) is 21.5 Å². The Labute approximate surface area is 265 Å². The van der Waals surface area contributed by atoms with Crippen LogP contribution in [0.3, 0.4) is 0 Å². The van der Waals surface area contributed by atoms with E-state index in [-0.39, 0.29) is 22.0 Å². The smallest absolute Gasteiger partial charge is 0.324 e. The summed E-state index contributed by atoms with van der Waals surface area (Å²) >= 11 is 7.17. The Kier molecular flexibility index (Phi) is 11.0. The van der Waals surface area contributed by atoms with Crippen molar-refractivity contribution in [3.8, 4) is 0 Å². The number of alkyl halides is 3. The summed E-state index contributed by atoms with van der Waals surface area (Å²) < 4.78 is 53.9. The van der Waals surface area contributed by atoms with Gasteiger partial charge in [-0.25, -0.2) is 4.39 Å². The largest absolute Gasteiger partial charge is 0.416 e. The first-order valence-electron chi connectivity index (χ1n) is 13.5. The first-order chi connectivity index (χ1) is 21.4. The fourth-order valence-electron chi connectivity index (χ4n) is 4.03. The minimum atomic E-state index is -4.61. The highest BCUT2D eigenvalue weighted by atomic mass is 35.5. The van der Waals surface area contributed by atoms with E-state index in [4.69, 9.17) is 11.6 Å². The number of benzene rings is 4. The van der Waals surface area contributed by atoms with Gasteiger partial charge < -0.3 is 16.0 Å². The molecular formula is C33H26ClF4N3O3S. The van der Waals surface area contributed by atoms with Crippen LogP contribution in [0.4, 0.5) is 28.9 Å². The SMILES string of the molecule is CCC(Sc1cccc(NC(=O)/C(=C/c2ccccc2F)NC(=O)c2ccccc2)c1)C(=O)Nc1cc(C(F)(F)F)ccc1Cl. The summed E-state index contributed by atoms with van der Waals surface area (Å²) in [7, 11) is 0. The molecule has 0 saturated carbocycles. The van der Waals surface area contributed by atoms with Gasteiger partial charge in [0.1, 0.15) is 11.5 Å². The minimum Gasteiger partial charge on any atom is -0.324 e. The van der Waals surface area contributed by atoms with E-state index in [1.54, 1.807) is 67.6 Å². The second-order valence-corrected chi connectivity index (χ2v) is 11.3. The van der Waals surface area contributed by atoms with E-state index in [1.807, 2.05) is 0 Å². The van der Waals surface area contributed by atoms with Gasteiger partial charge in [0.25, 0.3) is 11.8 Å².